The fourth-order valence-electron chi connectivity index (χ4n) is 11.2. The monoisotopic (exact) mass is 1370 g/mol. The number of aliphatic hydroxyl groups excluding tert-OH is 1. The standard InChI is InChI=1S/C74H144O17P2/c1-8-11-12-13-14-33-41-48-55-71(76)84-62-70(91-74(79)58-51-44-37-36-38-45-52-65(4)5)64-89-93(82,83)87-60-68(75)59-86-92(80,81)88-63-69(61-85-72(77)56-49-42-34-29-26-25-28-32-40-47-54-67(7)10-3)90-73(78)57-50-43-35-30-24-22-20-18-16-15-17-19-21-23-27-31-39-46-53-66(6)9-2/h65-70,75H,8-64H2,1-7H3,(H,80,81)(H,82,83)/t66?,67?,68-,69-,70-/m1/s1. The van der Waals surface area contributed by atoms with Crippen LogP contribution in [0.3, 0.4) is 0 Å². The van der Waals surface area contributed by atoms with Gasteiger partial charge in [-0.15, -0.1) is 0 Å². The van der Waals surface area contributed by atoms with Crippen LogP contribution in [0.2, 0.25) is 0 Å². The van der Waals surface area contributed by atoms with Gasteiger partial charge in [-0.1, -0.05) is 325 Å². The SMILES string of the molecule is CCCCCCCCCCC(=O)OC[C@H](COP(=O)(O)OC[C@H](O)COP(=O)(O)OC[C@@H](COC(=O)CCCCCCCCCCCCC(C)CC)OC(=O)CCCCCCCCCCCCCCCCCCCCC(C)CC)OC(=O)CCCCCCCCC(C)C. The predicted molar refractivity (Wildman–Crippen MR) is 377 cm³/mol. The highest BCUT2D eigenvalue weighted by Gasteiger charge is 2.30. The van der Waals surface area contributed by atoms with Gasteiger partial charge in [0.25, 0.3) is 0 Å². The number of carbonyl (C=O) groups excluding carboxylic acids is 4. The topological polar surface area (TPSA) is 237 Å². The van der Waals surface area contributed by atoms with Gasteiger partial charge < -0.3 is 33.8 Å². The Bertz CT molecular complexity index is 1820. The molecule has 0 rings (SSSR count). The molecule has 4 unspecified atom stereocenters. The van der Waals surface area contributed by atoms with Crippen molar-refractivity contribution in [2.75, 3.05) is 39.6 Å². The molecular weight excluding hydrogens is 1220 g/mol. The van der Waals surface area contributed by atoms with Gasteiger partial charge in [0, 0.05) is 25.7 Å². The first-order valence-electron chi connectivity index (χ1n) is 38.4. The number of ether oxygens (including phenoxy) is 4. The average molecular weight is 1370 g/mol. The lowest BCUT2D eigenvalue weighted by molar-refractivity contribution is -0.161. The van der Waals surface area contributed by atoms with E-state index in [0.29, 0.717) is 31.6 Å². The summed E-state index contributed by atoms with van der Waals surface area (Å²) in [5.74, 6) is 0.221. The molecule has 17 nitrogen and oxygen atoms in total. The molecule has 0 saturated heterocycles. The molecule has 0 aliphatic carbocycles. The van der Waals surface area contributed by atoms with E-state index in [9.17, 15) is 43.2 Å². The number of esters is 4. The predicted octanol–water partition coefficient (Wildman–Crippen LogP) is 21.4. The Morgan fingerprint density at radius 2 is 0.548 bits per heavy atom. The average Bonchev–Trinajstić information content (AvgIpc) is 2.85. The van der Waals surface area contributed by atoms with Gasteiger partial charge in [-0.3, -0.25) is 37.3 Å². The van der Waals surface area contributed by atoms with Crippen LogP contribution in [0.25, 0.3) is 0 Å². The minimum atomic E-state index is -4.96. The first-order valence-corrected chi connectivity index (χ1v) is 41.4. The Labute approximate surface area is 568 Å². The summed E-state index contributed by atoms with van der Waals surface area (Å²) in [6.45, 7) is 11.9. The van der Waals surface area contributed by atoms with Gasteiger partial charge >= 0.3 is 39.5 Å². The van der Waals surface area contributed by atoms with Crippen molar-refractivity contribution in [3.63, 3.8) is 0 Å². The lowest BCUT2D eigenvalue weighted by atomic mass is 9.99. The third-order valence-electron chi connectivity index (χ3n) is 17.9. The van der Waals surface area contributed by atoms with Gasteiger partial charge in [0.05, 0.1) is 26.4 Å². The molecule has 0 spiro atoms. The van der Waals surface area contributed by atoms with E-state index in [1.807, 2.05) is 0 Å². The zero-order valence-electron chi connectivity index (χ0n) is 60.7. The zero-order chi connectivity index (χ0) is 68.7. The van der Waals surface area contributed by atoms with Crippen molar-refractivity contribution in [2.45, 2.75) is 394 Å². The van der Waals surface area contributed by atoms with E-state index in [1.54, 1.807) is 0 Å². The molecule has 0 aromatic carbocycles. The highest BCUT2D eigenvalue weighted by molar-refractivity contribution is 7.47. The summed E-state index contributed by atoms with van der Waals surface area (Å²) >= 11 is 0. The molecule has 0 fully saturated rings. The number of hydrogen-bond acceptors (Lipinski definition) is 15. The largest absolute Gasteiger partial charge is 0.472 e. The molecule has 3 N–H and O–H groups in total. The third kappa shape index (κ3) is 65.8. The molecule has 552 valence electrons. The van der Waals surface area contributed by atoms with Gasteiger partial charge in [0.2, 0.25) is 0 Å². The number of unbranched alkanes of at least 4 members (excludes halogenated alkanes) is 38. The van der Waals surface area contributed by atoms with E-state index in [2.05, 4.69) is 48.5 Å². The van der Waals surface area contributed by atoms with Crippen LogP contribution in [-0.4, -0.2) is 96.7 Å². The minimum Gasteiger partial charge on any atom is -0.462 e. The van der Waals surface area contributed by atoms with Crippen LogP contribution in [0, 0.1) is 17.8 Å². The molecule has 7 atom stereocenters. The fraction of sp³-hybridized carbons (Fsp3) is 0.946. The van der Waals surface area contributed by atoms with E-state index < -0.39 is 97.5 Å². The van der Waals surface area contributed by atoms with Gasteiger partial charge in [-0.05, 0) is 43.4 Å². The highest BCUT2D eigenvalue weighted by Crippen LogP contribution is 2.45. The number of phosphoric acid groups is 2. The van der Waals surface area contributed by atoms with Gasteiger partial charge in [-0.25, -0.2) is 9.13 Å². The lowest BCUT2D eigenvalue weighted by Gasteiger charge is -2.21. The second-order valence-corrected chi connectivity index (χ2v) is 30.6. The molecule has 0 radical (unpaired) electrons. The van der Waals surface area contributed by atoms with Crippen LogP contribution in [0.5, 0.6) is 0 Å². The van der Waals surface area contributed by atoms with Gasteiger partial charge in [-0.2, -0.15) is 0 Å². The van der Waals surface area contributed by atoms with Crippen molar-refractivity contribution in [1.29, 1.82) is 0 Å². The molecule has 0 bridgehead atoms. The summed E-state index contributed by atoms with van der Waals surface area (Å²) in [5.41, 5.74) is 0. The summed E-state index contributed by atoms with van der Waals surface area (Å²) in [4.78, 5) is 72.5. The van der Waals surface area contributed by atoms with Crippen LogP contribution in [0.1, 0.15) is 376 Å². The van der Waals surface area contributed by atoms with Crippen LogP contribution in [0.15, 0.2) is 0 Å². The van der Waals surface area contributed by atoms with E-state index in [1.165, 1.54) is 180 Å². The maximum Gasteiger partial charge on any atom is 0.472 e. The maximum absolute atomic E-state index is 13.1. The Hall–Kier alpha value is -1.94. The van der Waals surface area contributed by atoms with E-state index >= 15 is 0 Å². The molecule has 0 amide bonds. The van der Waals surface area contributed by atoms with Crippen LogP contribution in [0.4, 0.5) is 0 Å². The molecule has 19 heteroatoms. The number of carbonyl (C=O) groups is 4. The van der Waals surface area contributed by atoms with Crippen molar-refractivity contribution < 1.29 is 80.2 Å². The Morgan fingerprint density at radius 3 is 0.817 bits per heavy atom. The fourth-order valence-corrected chi connectivity index (χ4v) is 12.8. The number of phosphoric ester groups is 2. The van der Waals surface area contributed by atoms with E-state index in [4.69, 9.17) is 37.0 Å². The second kappa shape index (κ2) is 64.7. The van der Waals surface area contributed by atoms with Crippen LogP contribution in [-0.2, 0) is 65.4 Å². The van der Waals surface area contributed by atoms with Crippen molar-refractivity contribution in [1.82, 2.24) is 0 Å². The molecular formula is C74H144O17P2. The molecule has 0 heterocycles. The van der Waals surface area contributed by atoms with Crippen molar-refractivity contribution >= 4 is 39.5 Å². The molecule has 0 aromatic rings. The second-order valence-electron chi connectivity index (χ2n) is 27.6. The Kier molecular flexibility index (Phi) is 63.4. The lowest BCUT2D eigenvalue weighted by Crippen LogP contribution is -2.30. The first-order chi connectivity index (χ1) is 44.8. The van der Waals surface area contributed by atoms with E-state index in [-0.39, 0.29) is 25.7 Å². The van der Waals surface area contributed by atoms with Crippen molar-refractivity contribution in [3.05, 3.63) is 0 Å². The van der Waals surface area contributed by atoms with Gasteiger partial charge in [0.1, 0.15) is 19.3 Å². The molecule has 0 aliphatic rings. The molecule has 0 aromatic heterocycles. The normalized spacial score (nSPS) is 14.7. The quantitative estimate of drug-likeness (QED) is 0.0222. The molecule has 93 heavy (non-hydrogen) atoms. The van der Waals surface area contributed by atoms with Gasteiger partial charge in [0.15, 0.2) is 12.2 Å². The third-order valence-corrected chi connectivity index (χ3v) is 19.8. The summed E-state index contributed by atoms with van der Waals surface area (Å²) in [6.07, 6.45) is 50.2. The van der Waals surface area contributed by atoms with Crippen LogP contribution >= 0.6 is 15.6 Å². The summed E-state index contributed by atoms with van der Waals surface area (Å²) in [7, 11) is -9.90. The first kappa shape index (κ1) is 91.1. The summed E-state index contributed by atoms with van der Waals surface area (Å²) in [6, 6.07) is 0. The van der Waals surface area contributed by atoms with E-state index in [0.717, 1.165) is 108 Å². The Balaban J connectivity index is 5.15. The van der Waals surface area contributed by atoms with Crippen molar-refractivity contribution in [3.8, 4) is 0 Å². The molecule has 0 aliphatic heterocycles. The zero-order valence-corrected chi connectivity index (χ0v) is 62.5. The smallest absolute Gasteiger partial charge is 0.462 e. The van der Waals surface area contributed by atoms with Crippen molar-refractivity contribution in [2.24, 2.45) is 17.8 Å². The minimum absolute atomic E-state index is 0.102. The summed E-state index contributed by atoms with van der Waals surface area (Å²) < 4.78 is 68.3. The number of hydrogen-bond donors (Lipinski definition) is 3. The number of rotatable bonds is 72. The Morgan fingerprint density at radius 1 is 0.312 bits per heavy atom. The van der Waals surface area contributed by atoms with Crippen LogP contribution < -0.4 is 0 Å². The summed E-state index contributed by atoms with van der Waals surface area (Å²) in [5, 5.41) is 10.6. The number of aliphatic hydroxyl groups is 1. The molecule has 0 saturated carbocycles. The highest BCUT2D eigenvalue weighted by atomic mass is 31.2. The maximum atomic E-state index is 13.1.